The van der Waals surface area contributed by atoms with E-state index in [1.165, 1.54) is 21.0 Å². The van der Waals surface area contributed by atoms with Crippen LogP contribution in [-0.2, 0) is 28.4 Å². The summed E-state index contributed by atoms with van der Waals surface area (Å²) < 4.78 is 6.54. The van der Waals surface area contributed by atoms with Crippen LogP contribution in [0.1, 0.15) is 38.1 Å². The first-order valence-electron chi connectivity index (χ1n) is 7.85. The molecule has 0 saturated heterocycles. The quantitative estimate of drug-likeness (QED) is 0.498. The van der Waals surface area contributed by atoms with Gasteiger partial charge in [0.15, 0.2) is 6.61 Å². The van der Waals surface area contributed by atoms with Gasteiger partial charge < -0.3 is 15.8 Å². The number of carbonyl (C=O) groups is 3. The summed E-state index contributed by atoms with van der Waals surface area (Å²) in [6.45, 7) is 5.72. The molecular weight excluding hydrogens is 344 g/mol. The third kappa shape index (κ3) is 4.38. The van der Waals surface area contributed by atoms with E-state index in [-0.39, 0.29) is 11.7 Å². The van der Waals surface area contributed by atoms with Gasteiger partial charge in [0.2, 0.25) is 11.7 Å². The molecule has 0 aromatic carbocycles. The van der Waals surface area contributed by atoms with Gasteiger partial charge in [-0.1, -0.05) is 20.8 Å². The van der Waals surface area contributed by atoms with E-state index >= 15 is 0 Å². The summed E-state index contributed by atoms with van der Waals surface area (Å²) in [7, 11) is 2.51. The van der Waals surface area contributed by atoms with Crippen LogP contribution in [0.3, 0.4) is 0 Å². The van der Waals surface area contributed by atoms with E-state index in [2.05, 4.69) is 5.32 Å². The maximum atomic E-state index is 12.2. The van der Waals surface area contributed by atoms with Crippen LogP contribution in [0.2, 0.25) is 0 Å². The maximum absolute atomic E-state index is 12.2. The first-order chi connectivity index (χ1) is 11.8. The van der Waals surface area contributed by atoms with Crippen molar-refractivity contribution in [3.63, 3.8) is 0 Å². The summed E-state index contributed by atoms with van der Waals surface area (Å²) in [5, 5.41) is 2.47. The fourth-order valence-corrected chi connectivity index (χ4v) is 1.93. The molecule has 10 heteroatoms. The second-order valence-electron chi connectivity index (χ2n) is 6.94. The molecule has 1 atom stereocenters. The summed E-state index contributed by atoms with van der Waals surface area (Å²) in [4.78, 5) is 59.9. The lowest BCUT2D eigenvalue weighted by atomic mass is 9.95. The van der Waals surface area contributed by atoms with Gasteiger partial charge in [0.1, 0.15) is 17.4 Å². The monoisotopic (exact) mass is 368 g/mol. The summed E-state index contributed by atoms with van der Waals surface area (Å²) in [6, 6.07) is -0.977. The van der Waals surface area contributed by atoms with Crippen molar-refractivity contribution in [3.05, 3.63) is 26.4 Å². The molecule has 1 aromatic rings. The predicted molar refractivity (Wildman–Crippen MR) is 93.7 cm³/mol. The van der Waals surface area contributed by atoms with Crippen molar-refractivity contribution in [3.8, 4) is 0 Å². The summed E-state index contributed by atoms with van der Waals surface area (Å²) in [5.74, 6) is -2.35. The number of ether oxygens (including phenoxy) is 1. The number of nitrogens with zero attached hydrogens (tertiary/aromatic N) is 2. The molecule has 26 heavy (non-hydrogen) atoms. The molecule has 1 aromatic heterocycles. The normalized spacial score (nSPS) is 12.4. The van der Waals surface area contributed by atoms with E-state index in [0.29, 0.717) is 0 Å². The Morgan fingerprint density at radius 1 is 1.15 bits per heavy atom. The van der Waals surface area contributed by atoms with Gasteiger partial charge >= 0.3 is 11.7 Å². The molecular formula is C16H24N4O6. The number of amides is 1. The summed E-state index contributed by atoms with van der Waals surface area (Å²) >= 11 is 0. The van der Waals surface area contributed by atoms with Crippen LogP contribution in [0.5, 0.6) is 0 Å². The predicted octanol–water partition coefficient (Wildman–Crippen LogP) is -1.06. The zero-order valence-corrected chi connectivity index (χ0v) is 15.7. The highest BCUT2D eigenvalue weighted by Crippen LogP contribution is 2.13. The van der Waals surface area contributed by atoms with Crippen LogP contribution >= 0.6 is 0 Å². The fraction of sp³-hybridized carbons (Fsp3) is 0.562. The standard InChI is InChI=1S/C16H24N4O6/c1-8(18-14(24)16(2,3)4)13(23)26-7-9(21)10-11(17)19(5)15(25)20(6)12(10)22/h8H,7,17H2,1-6H3,(H,18,24). The molecule has 0 saturated carbocycles. The number of esters is 1. The number of hydrogen-bond acceptors (Lipinski definition) is 7. The Kier molecular flexibility index (Phi) is 6.13. The number of ketones is 1. The zero-order valence-electron chi connectivity index (χ0n) is 15.7. The van der Waals surface area contributed by atoms with Gasteiger partial charge in [0, 0.05) is 19.5 Å². The van der Waals surface area contributed by atoms with Gasteiger partial charge in [-0.25, -0.2) is 9.59 Å². The van der Waals surface area contributed by atoms with Crippen LogP contribution in [0, 0.1) is 5.41 Å². The maximum Gasteiger partial charge on any atom is 0.332 e. The van der Waals surface area contributed by atoms with Crippen LogP contribution in [0.15, 0.2) is 9.59 Å². The van der Waals surface area contributed by atoms with E-state index in [4.69, 9.17) is 10.5 Å². The highest BCUT2D eigenvalue weighted by atomic mass is 16.5. The van der Waals surface area contributed by atoms with Crippen molar-refractivity contribution in [1.29, 1.82) is 0 Å². The number of hydrogen-bond donors (Lipinski definition) is 2. The lowest BCUT2D eigenvalue weighted by Gasteiger charge is -2.20. The van der Waals surface area contributed by atoms with Gasteiger partial charge in [-0.15, -0.1) is 0 Å². The van der Waals surface area contributed by atoms with Gasteiger partial charge in [0.05, 0.1) is 0 Å². The van der Waals surface area contributed by atoms with Crippen LogP contribution in [0.25, 0.3) is 0 Å². The lowest BCUT2D eigenvalue weighted by molar-refractivity contribution is -0.147. The third-order valence-electron chi connectivity index (χ3n) is 3.72. The van der Waals surface area contributed by atoms with Crippen molar-refractivity contribution in [2.45, 2.75) is 33.7 Å². The highest BCUT2D eigenvalue weighted by Gasteiger charge is 2.27. The molecule has 0 fully saturated rings. The van der Waals surface area contributed by atoms with E-state index in [9.17, 15) is 24.0 Å². The van der Waals surface area contributed by atoms with Crippen LogP contribution in [0.4, 0.5) is 5.82 Å². The van der Waals surface area contributed by atoms with Gasteiger partial charge in [-0.3, -0.25) is 23.5 Å². The summed E-state index contributed by atoms with van der Waals surface area (Å²) in [6.07, 6.45) is 0. The third-order valence-corrected chi connectivity index (χ3v) is 3.72. The van der Waals surface area contributed by atoms with Crippen molar-refractivity contribution in [2.24, 2.45) is 19.5 Å². The minimum Gasteiger partial charge on any atom is -0.456 e. The number of Topliss-reactive ketones (excluding diaryl/α,β-unsaturated/α-hetero) is 1. The Labute approximate surface area is 149 Å². The molecule has 0 aliphatic rings. The number of rotatable bonds is 5. The topological polar surface area (TPSA) is 142 Å². The Morgan fingerprint density at radius 3 is 2.19 bits per heavy atom. The number of nitrogens with one attached hydrogen (secondary N) is 1. The first kappa shape index (κ1) is 21.1. The SMILES string of the molecule is CC(NC(=O)C(C)(C)C)C(=O)OCC(=O)c1c(N)n(C)c(=O)n(C)c1=O. The zero-order chi connectivity index (χ0) is 20.4. The average Bonchev–Trinajstić information content (AvgIpc) is 2.55. The molecule has 1 heterocycles. The molecule has 0 radical (unpaired) electrons. The van der Waals surface area contributed by atoms with Crippen molar-refractivity contribution >= 4 is 23.5 Å². The Morgan fingerprint density at radius 2 is 1.69 bits per heavy atom. The molecule has 1 amide bonds. The van der Waals surface area contributed by atoms with Crippen molar-refractivity contribution < 1.29 is 19.1 Å². The van der Waals surface area contributed by atoms with Gasteiger partial charge in [-0.05, 0) is 6.92 Å². The molecule has 0 aliphatic heterocycles. The average molecular weight is 368 g/mol. The smallest absolute Gasteiger partial charge is 0.332 e. The molecule has 1 unspecified atom stereocenters. The molecule has 3 N–H and O–H groups in total. The molecule has 10 nitrogen and oxygen atoms in total. The molecule has 144 valence electrons. The lowest BCUT2D eigenvalue weighted by Crippen LogP contribution is -2.45. The summed E-state index contributed by atoms with van der Waals surface area (Å²) in [5.41, 5.74) is 2.98. The Balaban J connectivity index is 2.88. The van der Waals surface area contributed by atoms with Gasteiger partial charge in [0.25, 0.3) is 5.56 Å². The second kappa shape index (κ2) is 7.54. The number of anilines is 1. The first-order valence-corrected chi connectivity index (χ1v) is 7.85. The van der Waals surface area contributed by atoms with E-state index in [1.807, 2.05) is 0 Å². The highest BCUT2D eigenvalue weighted by molar-refractivity contribution is 6.01. The largest absolute Gasteiger partial charge is 0.456 e. The Hall–Kier alpha value is -2.91. The molecule has 0 spiro atoms. The Bertz CT molecular complexity index is 859. The number of nitrogens with two attached hydrogens (primary N) is 1. The van der Waals surface area contributed by atoms with E-state index in [0.717, 1.165) is 9.13 Å². The van der Waals surface area contributed by atoms with Crippen LogP contribution in [-0.4, -0.2) is 39.4 Å². The van der Waals surface area contributed by atoms with Gasteiger partial charge in [-0.2, -0.15) is 0 Å². The minimum absolute atomic E-state index is 0.312. The fourth-order valence-electron chi connectivity index (χ4n) is 1.93. The minimum atomic E-state index is -0.977. The van der Waals surface area contributed by atoms with Crippen molar-refractivity contribution in [2.75, 3.05) is 12.3 Å². The molecule has 0 aliphatic carbocycles. The number of aromatic nitrogens is 2. The van der Waals surface area contributed by atoms with E-state index in [1.54, 1.807) is 20.8 Å². The number of carbonyl (C=O) groups excluding carboxylic acids is 3. The number of nitrogen functional groups attached to an aromatic ring is 1. The second-order valence-corrected chi connectivity index (χ2v) is 6.94. The van der Waals surface area contributed by atoms with E-state index < -0.39 is 46.6 Å². The van der Waals surface area contributed by atoms with Crippen molar-refractivity contribution in [1.82, 2.24) is 14.5 Å². The van der Waals surface area contributed by atoms with Crippen LogP contribution < -0.4 is 22.3 Å². The molecule has 1 rings (SSSR count). The molecule has 0 bridgehead atoms.